The zero-order valence-corrected chi connectivity index (χ0v) is 20.6. The molecule has 2 amide bonds. The van der Waals surface area contributed by atoms with E-state index in [0.29, 0.717) is 19.4 Å². The van der Waals surface area contributed by atoms with Crippen molar-refractivity contribution in [3.63, 3.8) is 0 Å². The summed E-state index contributed by atoms with van der Waals surface area (Å²) in [7, 11) is 0. The highest BCUT2D eigenvalue weighted by atomic mass is 16.2. The summed E-state index contributed by atoms with van der Waals surface area (Å²) < 4.78 is 0. The first-order valence-electron chi connectivity index (χ1n) is 12.5. The lowest BCUT2D eigenvalue weighted by Gasteiger charge is -2.34. The molecule has 2 aliphatic rings. The molecule has 1 atom stereocenters. The molecule has 0 aliphatic carbocycles. The maximum absolute atomic E-state index is 12.3. The second-order valence-electron chi connectivity index (χ2n) is 9.92. The molecule has 0 unspecified atom stereocenters. The van der Waals surface area contributed by atoms with Crippen molar-refractivity contribution >= 4 is 29.0 Å². The monoisotopic (exact) mass is 463 g/mol. The number of hydrogen-bond donors (Lipinski definition) is 3. The van der Waals surface area contributed by atoms with Crippen LogP contribution in [0.1, 0.15) is 57.2 Å². The number of carbonyl (C=O) groups excluding carboxylic acids is 2. The fourth-order valence-corrected chi connectivity index (χ4v) is 4.83. The van der Waals surface area contributed by atoms with Crippen LogP contribution in [0.4, 0.5) is 17.2 Å². The number of carbonyl (C=O) groups is 2. The van der Waals surface area contributed by atoms with Crippen molar-refractivity contribution in [3.05, 3.63) is 47.7 Å². The summed E-state index contributed by atoms with van der Waals surface area (Å²) >= 11 is 0. The second-order valence-corrected chi connectivity index (χ2v) is 9.92. The van der Waals surface area contributed by atoms with Crippen LogP contribution in [0.15, 0.2) is 36.4 Å². The van der Waals surface area contributed by atoms with Gasteiger partial charge < -0.3 is 20.9 Å². The third-order valence-corrected chi connectivity index (χ3v) is 7.13. The fraction of sp³-hybridized carbons (Fsp3) is 0.519. The van der Waals surface area contributed by atoms with E-state index in [0.717, 1.165) is 59.8 Å². The van der Waals surface area contributed by atoms with Gasteiger partial charge in [0.25, 0.3) is 0 Å². The average molecular weight is 464 g/mol. The summed E-state index contributed by atoms with van der Waals surface area (Å²) in [6.45, 7) is 9.28. The second kappa shape index (κ2) is 10.9. The number of nitrogens with one attached hydrogen (secondary N) is 3. The summed E-state index contributed by atoms with van der Waals surface area (Å²) in [5, 5.41) is 9.14. The summed E-state index contributed by atoms with van der Waals surface area (Å²) in [6, 6.07) is 11.8. The Balaban J connectivity index is 1.29. The van der Waals surface area contributed by atoms with E-state index in [2.05, 4.69) is 46.8 Å². The van der Waals surface area contributed by atoms with Crippen molar-refractivity contribution in [1.29, 1.82) is 0 Å². The molecule has 3 heterocycles. The molecule has 7 heteroatoms. The van der Waals surface area contributed by atoms with Gasteiger partial charge in [0.2, 0.25) is 11.8 Å². The average Bonchev–Trinajstić information content (AvgIpc) is 2.84. The van der Waals surface area contributed by atoms with E-state index in [4.69, 9.17) is 4.98 Å². The molecule has 2 fully saturated rings. The topological polar surface area (TPSA) is 86.4 Å². The number of nitrogens with zero attached hydrogens (tertiary/aromatic N) is 2. The predicted molar refractivity (Wildman–Crippen MR) is 136 cm³/mol. The summed E-state index contributed by atoms with van der Waals surface area (Å²) in [4.78, 5) is 31.1. The molecule has 0 bridgehead atoms. The van der Waals surface area contributed by atoms with Gasteiger partial charge in [-0.25, -0.2) is 4.98 Å². The Morgan fingerprint density at radius 2 is 1.85 bits per heavy atom. The first-order valence-corrected chi connectivity index (χ1v) is 12.5. The Morgan fingerprint density at radius 3 is 2.50 bits per heavy atom. The lowest BCUT2D eigenvalue weighted by atomic mass is 9.87. The molecule has 1 aromatic heterocycles. The Labute approximate surface area is 202 Å². The SMILES string of the molecule is Cc1nc(N2CCC(C(C)C)CC2)ccc1Nc1ccc(CNC(=O)[C@@H]2CCCC(=O)N2)cc1. The number of aromatic nitrogens is 1. The molecule has 0 spiro atoms. The van der Waals surface area contributed by atoms with Gasteiger partial charge in [-0.05, 0) is 74.3 Å². The lowest BCUT2D eigenvalue weighted by Crippen LogP contribution is -2.48. The van der Waals surface area contributed by atoms with Crippen LogP contribution in [0, 0.1) is 18.8 Å². The number of piperidine rings is 2. The predicted octanol–water partition coefficient (Wildman–Crippen LogP) is 4.29. The van der Waals surface area contributed by atoms with Crippen LogP contribution in [0.3, 0.4) is 0 Å². The highest BCUT2D eigenvalue weighted by Crippen LogP contribution is 2.29. The first-order chi connectivity index (χ1) is 16.4. The zero-order valence-electron chi connectivity index (χ0n) is 20.6. The first kappa shape index (κ1) is 24.0. The Bertz CT molecular complexity index is 997. The number of hydrogen-bond acceptors (Lipinski definition) is 5. The summed E-state index contributed by atoms with van der Waals surface area (Å²) in [6.07, 6.45) is 4.44. The highest BCUT2D eigenvalue weighted by Gasteiger charge is 2.24. The van der Waals surface area contributed by atoms with E-state index < -0.39 is 6.04 Å². The van der Waals surface area contributed by atoms with Gasteiger partial charge >= 0.3 is 0 Å². The van der Waals surface area contributed by atoms with Crippen LogP contribution in [-0.2, 0) is 16.1 Å². The van der Waals surface area contributed by atoms with Crippen molar-refractivity contribution in [3.8, 4) is 0 Å². The molecule has 2 saturated heterocycles. The maximum atomic E-state index is 12.3. The molecule has 4 rings (SSSR count). The molecule has 182 valence electrons. The molecular formula is C27H37N5O2. The van der Waals surface area contributed by atoms with Crippen molar-refractivity contribution in [2.45, 2.75) is 65.5 Å². The Kier molecular flexibility index (Phi) is 7.70. The minimum atomic E-state index is -0.415. The summed E-state index contributed by atoms with van der Waals surface area (Å²) in [5.41, 5.74) is 3.96. The number of amides is 2. The van der Waals surface area contributed by atoms with E-state index in [9.17, 15) is 9.59 Å². The molecule has 3 N–H and O–H groups in total. The molecule has 7 nitrogen and oxygen atoms in total. The van der Waals surface area contributed by atoms with Gasteiger partial charge in [-0.3, -0.25) is 9.59 Å². The Morgan fingerprint density at radius 1 is 1.12 bits per heavy atom. The minimum Gasteiger partial charge on any atom is -0.357 e. The van der Waals surface area contributed by atoms with Crippen molar-refractivity contribution < 1.29 is 9.59 Å². The number of anilines is 3. The van der Waals surface area contributed by atoms with Crippen molar-refractivity contribution in [2.24, 2.45) is 11.8 Å². The van der Waals surface area contributed by atoms with Crippen LogP contribution >= 0.6 is 0 Å². The summed E-state index contributed by atoms with van der Waals surface area (Å²) in [5.74, 6) is 2.47. The van der Waals surface area contributed by atoms with Gasteiger partial charge in [0.15, 0.2) is 0 Å². The molecule has 0 saturated carbocycles. The van der Waals surface area contributed by atoms with Gasteiger partial charge in [-0.15, -0.1) is 0 Å². The largest absolute Gasteiger partial charge is 0.357 e. The van der Waals surface area contributed by atoms with Crippen LogP contribution < -0.4 is 20.9 Å². The number of rotatable bonds is 7. The van der Waals surface area contributed by atoms with E-state index in [1.54, 1.807) is 0 Å². The lowest BCUT2D eigenvalue weighted by molar-refractivity contribution is -0.131. The van der Waals surface area contributed by atoms with Gasteiger partial charge in [-0.2, -0.15) is 0 Å². The molecule has 1 aromatic carbocycles. The normalized spacial score (nSPS) is 19.1. The van der Waals surface area contributed by atoms with Gasteiger partial charge in [0.05, 0.1) is 11.4 Å². The van der Waals surface area contributed by atoms with Gasteiger partial charge in [0.1, 0.15) is 11.9 Å². The third kappa shape index (κ3) is 6.07. The van der Waals surface area contributed by atoms with E-state index >= 15 is 0 Å². The smallest absolute Gasteiger partial charge is 0.242 e. The van der Waals surface area contributed by atoms with Gasteiger partial charge in [-0.1, -0.05) is 26.0 Å². The van der Waals surface area contributed by atoms with Crippen LogP contribution in [0.25, 0.3) is 0 Å². The molecule has 0 radical (unpaired) electrons. The van der Waals surface area contributed by atoms with Crippen LogP contribution in [-0.4, -0.2) is 35.9 Å². The van der Waals surface area contributed by atoms with E-state index in [1.165, 1.54) is 12.8 Å². The number of pyridine rings is 1. The van der Waals surface area contributed by atoms with Crippen LogP contribution in [0.2, 0.25) is 0 Å². The van der Waals surface area contributed by atoms with Crippen molar-refractivity contribution in [2.75, 3.05) is 23.3 Å². The highest BCUT2D eigenvalue weighted by molar-refractivity contribution is 5.88. The number of aryl methyl sites for hydroxylation is 1. The third-order valence-electron chi connectivity index (χ3n) is 7.13. The molecule has 2 aromatic rings. The van der Waals surface area contributed by atoms with Crippen LogP contribution in [0.5, 0.6) is 0 Å². The van der Waals surface area contributed by atoms with Gasteiger partial charge in [0, 0.05) is 31.7 Å². The maximum Gasteiger partial charge on any atom is 0.242 e. The molecule has 34 heavy (non-hydrogen) atoms. The molecule has 2 aliphatic heterocycles. The van der Waals surface area contributed by atoms with E-state index in [-0.39, 0.29) is 11.8 Å². The number of benzene rings is 1. The quantitative estimate of drug-likeness (QED) is 0.570. The molecular weight excluding hydrogens is 426 g/mol. The Hall–Kier alpha value is -3.09. The fourth-order valence-electron chi connectivity index (χ4n) is 4.83. The van der Waals surface area contributed by atoms with E-state index in [1.807, 2.05) is 31.2 Å². The standard InChI is InChI=1S/C27H37N5O2/c1-18(2)21-13-15-32(16-14-21)25-12-11-23(19(3)29-25)30-22-9-7-20(8-10-22)17-28-27(34)24-5-4-6-26(33)31-24/h7-12,18,21,24,30H,4-6,13-17H2,1-3H3,(H,28,34)(H,31,33)/t24-/m0/s1. The minimum absolute atomic E-state index is 0.0460. The zero-order chi connectivity index (χ0) is 24.1. The van der Waals surface area contributed by atoms with Crippen molar-refractivity contribution in [1.82, 2.24) is 15.6 Å².